The molecule has 7 heteroatoms. The Hall–Kier alpha value is -0.720. The molecule has 1 unspecified atom stereocenters. The number of carbonyl (C=O) groups is 1. The highest BCUT2D eigenvalue weighted by Gasteiger charge is 2.62. The largest absolute Gasteiger partial charge is 0.454 e. The van der Waals surface area contributed by atoms with Crippen molar-refractivity contribution >= 4 is 6.29 Å². The lowest BCUT2D eigenvalue weighted by molar-refractivity contribution is -0.298. The van der Waals surface area contributed by atoms with E-state index in [1.165, 1.54) is 0 Å². The van der Waals surface area contributed by atoms with Crippen LogP contribution in [-0.2, 0) is 9.53 Å². The van der Waals surface area contributed by atoms with Gasteiger partial charge in [0.2, 0.25) is 0 Å². The second-order valence-corrected chi connectivity index (χ2v) is 4.78. The van der Waals surface area contributed by atoms with Crippen LogP contribution in [-0.4, -0.2) is 31.1 Å². The Morgan fingerprint density at radius 3 is 2.16 bits per heavy atom. The molecule has 1 atom stereocenters. The average Bonchev–Trinajstić information content (AvgIpc) is 2.34. The summed E-state index contributed by atoms with van der Waals surface area (Å²) in [5.74, 6) is -7.37. The summed E-state index contributed by atoms with van der Waals surface area (Å²) in [7, 11) is 0. The summed E-state index contributed by atoms with van der Waals surface area (Å²) in [6.45, 7) is -0.250. The van der Waals surface area contributed by atoms with Gasteiger partial charge in [-0.05, 0) is 19.3 Å². The molecule has 1 fully saturated rings. The Labute approximate surface area is 108 Å². The summed E-state index contributed by atoms with van der Waals surface area (Å²) >= 11 is 0. The fraction of sp³-hybridized carbons (Fsp3) is 0.917. The molecule has 0 aromatic rings. The smallest absolute Gasteiger partial charge is 0.378 e. The van der Waals surface area contributed by atoms with Gasteiger partial charge in [0.1, 0.15) is 6.29 Å². The van der Waals surface area contributed by atoms with Gasteiger partial charge in [0.15, 0.2) is 0 Å². The quantitative estimate of drug-likeness (QED) is 0.550. The summed E-state index contributed by atoms with van der Waals surface area (Å²) in [6, 6.07) is 0. The van der Waals surface area contributed by atoms with E-state index in [1.54, 1.807) is 0 Å². The van der Waals surface area contributed by atoms with E-state index < -0.39 is 24.4 Å². The van der Waals surface area contributed by atoms with Crippen molar-refractivity contribution in [3.63, 3.8) is 0 Å². The van der Waals surface area contributed by atoms with Crippen molar-refractivity contribution in [3.8, 4) is 0 Å². The molecule has 0 radical (unpaired) electrons. The van der Waals surface area contributed by atoms with E-state index >= 15 is 0 Å². The maximum Gasteiger partial charge on any atom is 0.454 e. The van der Waals surface area contributed by atoms with Gasteiger partial charge in [-0.3, -0.25) is 0 Å². The standard InChI is InChI=1S/C12H17F5O2/c13-11(14,12(15,16)17)9(8-18)6-7-19-10-4-2-1-3-5-10/h8-10H,1-7H2. The van der Waals surface area contributed by atoms with Crippen molar-refractivity contribution in [2.75, 3.05) is 6.61 Å². The third-order valence-electron chi connectivity index (χ3n) is 3.34. The summed E-state index contributed by atoms with van der Waals surface area (Å²) in [4.78, 5) is 10.4. The van der Waals surface area contributed by atoms with Crippen LogP contribution in [0.3, 0.4) is 0 Å². The van der Waals surface area contributed by atoms with E-state index in [-0.39, 0.29) is 19.0 Å². The van der Waals surface area contributed by atoms with E-state index in [4.69, 9.17) is 4.74 Å². The van der Waals surface area contributed by atoms with Gasteiger partial charge in [-0.15, -0.1) is 0 Å². The second-order valence-electron chi connectivity index (χ2n) is 4.78. The van der Waals surface area contributed by atoms with E-state index in [2.05, 4.69) is 0 Å². The molecule has 2 nitrogen and oxygen atoms in total. The Morgan fingerprint density at radius 1 is 1.11 bits per heavy atom. The lowest BCUT2D eigenvalue weighted by Gasteiger charge is -2.26. The molecule has 0 spiro atoms. The number of alkyl halides is 5. The molecule has 112 valence electrons. The number of rotatable bonds is 6. The summed E-state index contributed by atoms with van der Waals surface area (Å²) in [5.41, 5.74) is 0. The highest BCUT2D eigenvalue weighted by molar-refractivity contribution is 5.55. The summed E-state index contributed by atoms with van der Waals surface area (Å²) < 4.78 is 67.5. The molecule has 1 saturated carbocycles. The average molecular weight is 288 g/mol. The highest BCUT2D eigenvalue weighted by Crippen LogP contribution is 2.41. The van der Waals surface area contributed by atoms with Crippen LogP contribution in [0, 0.1) is 5.92 Å². The third kappa shape index (κ3) is 4.40. The molecule has 0 aromatic carbocycles. The van der Waals surface area contributed by atoms with Crippen LogP contribution < -0.4 is 0 Å². The van der Waals surface area contributed by atoms with E-state index in [0.29, 0.717) is 0 Å². The van der Waals surface area contributed by atoms with Crippen LogP contribution in [0.1, 0.15) is 38.5 Å². The highest BCUT2D eigenvalue weighted by atomic mass is 19.4. The van der Waals surface area contributed by atoms with Gasteiger partial charge in [-0.2, -0.15) is 22.0 Å². The molecule has 0 N–H and O–H groups in total. The van der Waals surface area contributed by atoms with Crippen LogP contribution in [0.4, 0.5) is 22.0 Å². The van der Waals surface area contributed by atoms with Crippen molar-refractivity contribution in [1.29, 1.82) is 0 Å². The molecule has 0 aliphatic heterocycles. The van der Waals surface area contributed by atoms with E-state index in [9.17, 15) is 26.7 Å². The Bertz CT molecular complexity index is 284. The molecule has 0 bridgehead atoms. The van der Waals surface area contributed by atoms with Gasteiger partial charge in [0.25, 0.3) is 0 Å². The number of hydrogen-bond donors (Lipinski definition) is 0. The van der Waals surface area contributed by atoms with Gasteiger partial charge in [-0.25, -0.2) is 0 Å². The molecule has 0 amide bonds. The van der Waals surface area contributed by atoms with E-state index in [0.717, 1.165) is 32.1 Å². The zero-order valence-corrected chi connectivity index (χ0v) is 10.4. The van der Waals surface area contributed by atoms with Crippen molar-refractivity contribution in [2.24, 2.45) is 5.92 Å². The monoisotopic (exact) mass is 288 g/mol. The number of hydrogen-bond acceptors (Lipinski definition) is 2. The molecule has 1 aliphatic carbocycles. The first-order valence-corrected chi connectivity index (χ1v) is 6.30. The first-order valence-electron chi connectivity index (χ1n) is 6.30. The molecule has 19 heavy (non-hydrogen) atoms. The Balaban J connectivity index is 2.42. The van der Waals surface area contributed by atoms with E-state index in [1.807, 2.05) is 0 Å². The molecular weight excluding hydrogens is 271 g/mol. The molecular formula is C12H17F5O2. The second kappa shape index (κ2) is 6.63. The fourth-order valence-corrected chi connectivity index (χ4v) is 2.14. The van der Waals surface area contributed by atoms with Gasteiger partial charge >= 0.3 is 12.1 Å². The van der Waals surface area contributed by atoms with Crippen molar-refractivity contribution in [3.05, 3.63) is 0 Å². The predicted molar refractivity (Wildman–Crippen MR) is 58.0 cm³/mol. The third-order valence-corrected chi connectivity index (χ3v) is 3.34. The lowest BCUT2D eigenvalue weighted by Crippen LogP contribution is -2.44. The molecule has 0 saturated heterocycles. The van der Waals surface area contributed by atoms with Crippen molar-refractivity contribution < 1.29 is 31.5 Å². The zero-order valence-electron chi connectivity index (χ0n) is 10.4. The topological polar surface area (TPSA) is 26.3 Å². The first-order chi connectivity index (χ1) is 8.79. The lowest BCUT2D eigenvalue weighted by atomic mass is 9.97. The maximum atomic E-state index is 12.9. The normalized spacial score (nSPS) is 20.3. The number of ether oxygens (including phenoxy) is 1. The number of aldehydes is 1. The number of halogens is 5. The zero-order chi connectivity index (χ0) is 14.5. The minimum Gasteiger partial charge on any atom is -0.378 e. The van der Waals surface area contributed by atoms with Gasteiger partial charge < -0.3 is 9.53 Å². The maximum absolute atomic E-state index is 12.9. The molecule has 1 rings (SSSR count). The molecule has 0 aromatic heterocycles. The Kier molecular flexibility index (Phi) is 5.70. The van der Waals surface area contributed by atoms with Crippen LogP contribution in [0.2, 0.25) is 0 Å². The minimum atomic E-state index is -5.70. The molecule has 0 heterocycles. The summed E-state index contributed by atoms with van der Waals surface area (Å²) in [5, 5.41) is 0. The van der Waals surface area contributed by atoms with Crippen molar-refractivity contribution in [1.82, 2.24) is 0 Å². The summed E-state index contributed by atoms with van der Waals surface area (Å²) in [6.07, 6.45) is -2.12. The number of carbonyl (C=O) groups excluding carboxylic acids is 1. The van der Waals surface area contributed by atoms with Crippen LogP contribution in [0.15, 0.2) is 0 Å². The minimum absolute atomic E-state index is 0.0828. The Morgan fingerprint density at radius 2 is 1.68 bits per heavy atom. The fourth-order valence-electron chi connectivity index (χ4n) is 2.14. The van der Waals surface area contributed by atoms with Crippen molar-refractivity contribution in [2.45, 2.75) is 56.7 Å². The SMILES string of the molecule is O=CC(CCOC1CCCCC1)C(F)(F)C(F)(F)F. The first kappa shape index (κ1) is 16.3. The van der Waals surface area contributed by atoms with Gasteiger partial charge in [0, 0.05) is 6.61 Å². The van der Waals surface area contributed by atoms with Gasteiger partial charge in [-0.1, -0.05) is 19.3 Å². The van der Waals surface area contributed by atoms with Crippen LogP contribution >= 0.6 is 0 Å². The predicted octanol–water partition coefficient (Wildman–Crippen LogP) is 3.74. The molecule has 1 aliphatic rings. The van der Waals surface area contributed by atoms with Crippen LogP contribution in [0.25, 0.3) is 0 Å². The van der Waals surface area contributed by atoms with Crippen LogP contribution in [0.5, 0.6) is 0 Å². The van der Waals surface area contributed by atoms with Gasteiger partial charge in [0.05, 0.1) is 12.0 Å².